The first kappa shape index (κ1) is 15.9. The quantitative estimate of drug-likeness (QED) is 0.501. The Kier molecular flexibility index (Phi) is 4.70. The molecule has 0 aliphatic rings. The van der Waals surface area contributed by atoms with Gasteiger partial charge < -0.3 is 19.6 Å². The molecule has 2 rings (SSSR count). The van der Waals surface area contributed by atoms with Crippen LogP contribution in [-0.2, 0) is 16.0 Å². The number of phenolic OH excluding ortho intramolecular Hbond substituents is 1. The van der Waals surface area contributed by atoms with E-state index in [1.165, 1.54) is 6.07 Å². The van der Waals surface area contributed by atoms with E-state index in [1.54, 1.807) is 27.0 Å². The molecule has 0 aliphatic carbocycles. The zero-order valence-corrected chi connectivity index (χ0v) is 12.9. The fourth-order valence-electron chi connectivity index (χ4n) is 2.37. The third-order valence-electron chi connectivity index (χ3n) is 3.56. The Morgan fingerprint density at radius 3 is 2.77 bits per heavy atom. The molecule has 1 heterocycles. The van der Waals surface area contributed by atoms with Crippen LogP contribution < -0.4 is 10.9 Å². The summed E-state index contributed by atoms with van der Waals surface area (Å²) in [5.41, 5.74) is 1.56. The molecule has 22 heavy (non-hydrogen) atoms. The van der Waals surface area contributed by atoms with Crippen LogP contribution in [0.2, 0.25) is 0 Å². The summed E-state index contributed by atoms with van der Waals surface area (Å²) in [5, 5.41) is 13.4. The van der Waals surface area contributed by atoms with Crippen molar-refractivity contribution in [2.24, 2.45) is 0 Å². The second-order valence-electron chi connectivity index (χ2n) is 4.91. The molecule has 0 bridgehead atoms. The van der Waals surface area contributed by atoms with Crippen LogP contribution >= 0.6 is 0 Å². The fraction of sp³-hybridized carbons (Fsp3) is 0.375. The summed E-state index contributed by atoms with van der Waals surface area (Å²) in [6.45, 7) is 3.85. The van der Waals surface area contributed by atoms with E-state index < -0.39 is 5.63 Å². The molecule has 6 heteroatoms. The van der Waals surface area contributed by atoms with Gasteiger partial charge in [-0.25, -0.2) is 4.79 Å². The third-order valence-corrected chi connectivity index (χ3v) is 3.56. The van der Waals surface area contributed by atoms with Crippen molar-refractivity contribution in [1.82, 2.24) is 0 Å². The summed E-state index contributed by atoms with van der Waals surface area (Å²) in [4.78, 5) is 23.5. The smallest absolute Gasteiger partial charge is 0.339 e. The molecule has 0 amide bonds. The molecule has 1 aromatic carbocycles. The van der Waals surface area contributed by atoms with E-state index in [1.807, 2.05) is 0 Å². The van der Waals surface area contributed by atoms with E-state index in [-0.39, 0.29) is 24.6 Å². The van der Waals surface area contributed by atoms with Crippen LogP contribution in [0.15, 0.2) is 21.3 Å². The lowest BCUT2D eigenvalue weighted by Gasteiger charge is -2.10. The van der Waals surface area contributed by atoms with E-state index in [4.69, 9.17) is 9.15 Å². The minimum absolute atomic E-state index is 0.0109. The molecule has 0 radical (unpaired) electrons. The minimum atomic E-state index is -0.495. The van der Waals surface area contributed by atoms with E-state index in [0.717, 1.165) is 10.9 Å². The summed E-state index contributed by atoms with van der Waals surface area (Å²) < 4.78 is 10.1. The largest absolute Gasteiger partial charge is 0.506 e. The van der Waals surface area contributed by atoms with Gasteiger partial charge in [0.2, 0.25) is 0 Å². The maximum atomic E-state index is 12.1. The van der Waals surface area contributed by atoms with E-state index >= 15 is 0 Å². The highest BCUT2D eigenvalue weighted by molar-refractivity contribution is 5.87. The van der Waals surface area contributed by atoms with Gasteiger partial charge in [-0.15, -0.1) is 0 Å². The highest BCUT2D eigenvalue weighted by Gasteiger charge is 2.15. The summed E-state index contributed by atoms with van der Waals surface area (Å²) >= 11 is 0. The normalized spacial score (nSPS) is 10.7. The van der Waals surface area contributed by atoms with Crippen LogP contribution in [0.25, 0.3) is 11.0 Å². The zero-order chi connectivity index (χ0) is 16.3. The first-order chi connectivity index (χ1) is 10.5. The van der Waals surface area contributed by atoms with Gasteiger partial charge in [0.15, 0.2) is 0 Å². The molecule has 0 saturated carbocycles. The second kappa shape index (κ2) is 6.51. The Morgan fingerprint density at radius 2 is 2.14 bits per heavy atom. The van der Waals surface area contributed by atoms with Gasteiger partial charge in [-0.2, -0.15) is 0 Å². The number of fused-ring (bicyclic) bond motifs is 1. The van der Waals surface area contributed by atoms with E-state index in [9.17, 15) is 14.7 Å². The molecule has 2 N–H and O–H groups in total. The van der Waals surface area contributed by atoms with Crippen molar-refractivity contribution in [3.8, 4) is 5.75 Å². The van der Waals surface area contributed by atoms with Gasteiger partial charge >= 0.3 is 11.6 Å². The van der Waals surface area contributed by atoms with Crippen LogP contribution in [0.3, 0.4) is 0 Å². The SMILES string of the molecule is CCOC(=O)CCc1c(C)c2cc(NC)c(O)cc2oc1=O. The lowest BCUT2D eigenvalue weighted by molar-refractivity contribution is -0.143. The summed E-state index contributed by atoms with van der Waals surface area (Å²) in [7, 11) is 1.69. The standard InChI is InChI=1S/C16H19NO5/c1-4-21-15(19)6-5-10-9(2)11-7-12(17-3)13(18)8-14(11)22-16(10)20/h7-8,17-18H,4-6H2,1-3H3. The molecule has 0 saturated heterocycles. The zero-order valence-electron chi connectivity index (χ0n) is 12.9. The average molecular weight is 305 g/mol. The number of carbonyl (C=O) groups excluding carboxylic acids is 1. The molecule has 1 aromatic heterocycles. The van der Waals surface area contributed by atoms with Gasteiger partial charge in [-0.3, -0.25) is 4.79 Å². The van der Waals surface area contributed by atoms with Crippen LogP contribution in [0.4, 0.5) is 5.69 Å². The number of aryl methyl sites for hydroxylation is 1. The molecule has 0 atom stereocenters. The number of anilines is 1. The fourth-order valence-corrected chi connectivity index (χ4v) is 2.37. The highest BCUT2D eigenvalue weighted by Crippen LogP contribution is 2.31. The number of aromatic hydroxyl groups is 1. The number of hydrogen-bond donors (Lipinski definition) is 2. The minimum Gasteiger partial charge on any atom is -0.506 e. The molecular weight excluding hydrogens is 286 g/mol. The third kappa shape index (κ3) is 3.05. The molecule has 0 fully saturated rings. The van der Waals surface area contributed by atoms with Crippen molar-refractivity contribution in [2.45, 2.75) is 26.7 Å². The molecule has 6 nitrogen and oxygen atoms in total. The van der Waals surface area contributed by atoms with Crippen molar-refractivity contribution < 1.29 is 19.1 Å². The molecular formula is C16H19NO5. The molecule has 0 spiro atoms. The number of ether oxygens (including phenoxy) is 1. The number of hydrogen-bond acceptors (Lipinski definition) is 6. The van der Waals surface area contributed by atoms with Crippen molar-refractivity contribution >= 4 is 22.6 Å². The Labute approximate surface area is 127 Å². The van der Waals surface area contributed by atoms with Crippen molar-refractivity contribution in [3.63, 3.8) is 0 Å². The number of esters is 1. The highest BCUT2D eigenvalue weighted by atomic mass is 16.5. The lowest BCUT2D eigenvalue weighted by Crippen LogP contribution is -2.13. The Morgan fingerprint density at radius 1 is 1.41 bits per heavy atom. The average Bonchev–Trinajstić information content (AvgIpc) is 2.46. The number of carbonyl (C=O) groups is 1. The Bertz CT molecular complexity index is 763. The first-order valence-electron chi connectivity index (χ1n) is 7.10. The number of nitrogens with one attached hydrogen (secondary N) is 1. The molecule has 0 unspecified atom stereocenters. The maximum absolute atomic E-state index is 12.1. The molecule has 0 aliphatic heterocycles. The maximum Gasteiger partial charge on any atom is 0.339 e. The monoisotopic (exact) mass is 305 g/mol. The first-order valence-corrected chi connectivity index (χ1v) is 7.10. The van der Waals surface area contributed by atoms with Gasteiger partial charge in [-0.1, -0.05) is 0 Å². The van der Waals surface area contributed by atoms with Gasteiger partial charge in [0.05, 0.1) is 12.3 Å². The number of rotatable bonds is 5. The predicted octanol–water partition coefficient (Wildman–Crippen LogP) is 2.34. The lowest BCUT2D eigenvalue weighted by atomic mass is 10.0. The van der Waals surface area contributed by atoms with Crippen LogP contribution in [0, 0.1) is 6.92 Å². The van der Waals surface area contributed by atoms with Crippen LogP contribution in [-0.4, -0.2) is 24.7 Å². The van der Waals surface area contributed by atoms with E-state index in [0.29, 0.717) is 23.4 Å². The van der Waals surface area contributed by atoms with E-state index in [2.05, 4.69) is 5.32 Å². The van der Waals surface area contributed by atoms with Crippen molar-refractivity contribution in [1.29, 1.82) is 0 Å². The van der Waals surface area contributed by atoms with Crippen LogP contribution in [0.5, 0.6) is 5.75 Å². The van der Waals surface area contributed by atoms with Gasteiger partial charge in [0.1, 0.15) is 11.3 Å². The summed E-state index contributed by atoms with van der Waals surface area (Å²) in [6, 6.07) is 3.13. The molecule has 118 valence electrons. The Hall–Kier alpha value is -2.50. The second-order valence-corrected chi connectivity index (χ2v) is 4.91. The topological polar surface area (TPSA) is 88.8 Å². The number of phenols is 1. The van der Waals surface area contributed by atoms with Crippen molar-refractivity contribution in [2.75, 3.05) is 19.0 Å². The van der Waals surface area contributed by atoms with Gasteiger partial charge in [-0.05, 0) is 31.9 Å². The van der Waals surface area contributed by atoms with Crippen molar-refractivity contribution in [3.05, 3.63) is 33.7 Å². The molecule has 2 aromatic rings. The van der Waals surface area contributed by atoms with Crippen LogP contribution in [0.1, 0.15) is 24.5 Å². The predicted molar refractivity (Wildman–Crippen MR) is 83.4 cm³/mol. The summed E-state index contributed by atoms with van der Waals surface area (Å²) in [6.07, 6.45) is 0.390. The Balaban J connectivity index is 2.45. The summed E-state index contributed by atoms with van der Waals surface area (Å²) in [5.74, 6) is -0.333. The van der Waals surface area contributed by atoms with Gasteiger partial charge in [0, 0.05) is 30.5 Å². The number of benzene rings is 1. The van der Waals surface area contributed by atoms with Gasteiger partial charge in [0.25, 0.3) is 0 Å².